The minimum Gasteiger partial charge on any atom is -0.493 e. The number of aliphatic hydroxyl groups is 1. The predicted octanol–water partition coefficient (Wildman–Crippen LogP) is 2.61. The second-order valence-electron chi connectivity index (χ2n) is 3.76. The molecule has 1 N–H and O–H groups in total. The summed E-state index contributed by atoms with van der Waals surface area (Å²) in [4.78, 5) is 0. The molecule has 2 rings (SSSR count). The quantitative estimate of drug-likeness (QED) is 0.806. The summed E-state index contributed by atoms with van der Waals surface area (Å²) in [5, 5.41) is 9.09. The number of ether oxygens (including phenoxy) is 1. The first-order valence-electron chi connectivity index (χ1n) is 4.99. The topological polar surface area (TPSA) is 29.5 Å². The van der Waals surface area contributed by atoms with Crippen molar-refractivity contribution < 1.29 is 23.0 Å². The Bertz CT molecular complexity index is 387. The lowest BCUT2D eigenvalue weighted by Crippen LogP contribution is -2.20. The molecular formula is C11H11F3O2. The first-order chi connectivity index (χ1) is 7.48. The summed E-state index contributed by atoms with van der Waals surface area (Å²) in [6.07, 6.45) is -5.56. The third-order valence-electron chi connectivity index (χ3n) is 2.56. The van der Waals surface area contributed by atoms with Gasteiger partial charge in [-0.1, -0.05) is 6.07 Å². The summed E-state index contributed by atoms with van der Waals surface area (Å²) in [5.41, 5.74) is 0.601. The number of alkyl halides is 3. The normalized spacial score (nSPS) is 17.5. The zero-order valence-electron chi connectivity index (χ0n) is 8.42. The molecule has 1 unspecified atom stereocenters. The van der Waals surface area contributed by atoms with Gasteiger partial charge in [0.05, 0.1) is 6.61 Å². The summed E-state index contributed by atoms with van der Waals surface area (Å²) in [6.45, 7) is 0.591. The minimum absolute atomic E-state index is 0.128. The van der Waals surface area contributed by atoms with Gasteiger partial charge < -0.3 is 9.84 Å². The molecular weight excluding hydrogens is 221 g/mol. The molecule has 0 radical (unpaired) electrons. The van der Waals surface area contributed by atoms with E-state index in [1.165, 1.54) is 18.2 Å². The van der Waals surface area contributed by atoms with Gasteiger partial charge in [-0.3, -0.25) is 0 Å². The maximum Gasteiger partial charge on any atom is 0.418 e. The third kappa shape index (κ3) is 2.14. The molecule has 0 amide bonds. The molecule has 1 aromatic rings. The largest absolute Gasteiger partial charge is 0.493 e. The van der Waals surface area contributed by atoms with Crippen LogP contribution in [0.3, 0.4) is 0 Å². The fourth-order valence-electron chi connectivity index (χ4n) is 1.74. The van der Waals surface area contributed by atoms with Crippen LogP contribution in [0, 0.1) is 0 Å². The van der Waals surface area contributed by atoms with Crippen LogP contribution < -0.4 is 4.74 Å². The summed E-state index contributed by atoms with van der Waals surface area (Å²) >= 11 is 0. The maximum absolute atomic E-state index is 12.3. The van der Waals surface area contributed by atoms with E-state index < -0.39 is 12.3 Å². The van der Waals surface area contributed by atoms with Crippen molar-refractivity contribution in [1.29, 1.82) is 0 Å². The van der Waals surface area contributed by atoms with E-state index in [9.17, 15) is 13.2 Å². The van der Waals surface area contributed by atoms with Gasteiger partial charge in [-0.25, -0.2) is 0 Å². The standard InChI is InChI=1S/C11H11F3O2/c12-11(13,14)10(15)8-3-4-9-7(6-8)2-1-5-16-9/h3-4,6,10,15H,1-2,5H2. The summed E-state index contributed by atoms with van der Waals surface area (Å²) in [7, 11) is 0. The highest BCUT2D eigenvalue weighted by molar-refractivity contribution is 5.39. The second-order valence-corrected chi connectivity index (χ2v) is 3.76. The molecule has 1 atom stereocenters. The average molecular weight is 232 g/mol. The Balaban J connectivity index is 2.30. The highest BCUT2D eigenvalue weighted by atomic mass is 19.4. The molecule has 1 aromatic carbocycles. The molecule has 1 heterocycles. The molecule has 0 saturated carbocycles. The molecule has 1 aliphatic rings. The summed E-state index contributed by atoms with van der Waals surface area (Å²) < 4.78 is 42.1. The van der Waals surface area contributed by atoms with E-state index in [4.69, 9.17) is 9.84 Å². The lowest BCUT2D eigenvalue weighted by molar-refractivity contribution is -0.206. The molecule has 0 aliphatic carbocycles. The van der Waals surface area contributed by atoms with Gasteiger partial charge in [0, 0.05) is 0 Å². The molecule has 0 aromatic heterocycles. The Hall–Kier alpha value is -1.23. The Morgan fingerprint density at radius 3 is 2.75 bits per heavy atom. The Labute approximate surface area is 90.7 Å². The smallest absolute Gasteiger partial charge is 0.418 e. The van der Waals surface area contributed by atoms with Crippen LogP contribution in [-0.4, -0.2) is 17.9 Å². The number of hydrogen-bond acceptors (Lipinski definition) is 2. The lowest BCUT2D eigenvalue weighted by atomic mass is 10.0. The SMILES string of the molecule is OC(c1ccc2c(c1)CCCO2)C(F)(F)F. The molecule has 16 heavy (non-hydrogen) atoms. The van der Waals surface area contributed by atoms with E-state index in [1.54, 1.807) is 0 Å². The second kappa shape index (κ2) is 3.97. The molecule has 0 bridgehead atoms. The van der Waals surface area contributed by atoms with Crippen LogP contribution in [0.5, 0.6) is 5.75 Å². The summed E-state index contributed by atoms with van der Waals surface area (Å²) in [5.74, 6) is 0.615. The molecule has 5 heteroatoms. The van der Waals surface area contributed by atoms with E-state index in [2.05, 4.69) is 0 Å². The fraction of sp³-hybridized carbons (Fsp3) is 0.455. The van der Waals surface area contributed by atoms with E-state index in [0.29, 0.717) is 18.8 Å². The average Bonchev–Trinajstić information content (AvgIpc) is 2.26. The van der Waals surface area contributed by atoms with Gasteiger partial charge >= 0.3 is 6.18 Å². The molecule has 1 aliphatic heterocycles. The van der Waals surface area contributed by atoms with Crippen molar-refractivity contribution in [3.8, 4) is 5.75 Å². The summed E-state index contributed by atoms with van der Waals surface area (Å²) in [6, 6.07) is 4.10. The third-order valence-corrected chi connectivity index (χ3v) is 2.56. The molecule has 0 spiro atoms. The van der Waals surface area contributed by atoms with Crippen LogP contribution in [0.25, 0.3) is 0 Å². The van der Waals surface area contributed by atoms with Crippen LogP contribution >= 0.6 is 0 Å². The van der Waals surface area contributed by atoms with E-state index >= 15 is 0 Å². The molecule has 0 saturated heterocycles. The van der Waals surface area contributed by atoms with Crippen molar-refractivity contribution in [1.82, 2.24) is 0 Å². The number of rotatable bonds is 1. The van der Waals surface area contributed by atoms with Crippen molar-refractivity contribution in [3.63, 3.8) is 0 Å². The zero-order chi connectivity index (χ0) is 11.8. The Morgan fingerprint density at radius 2 is 2.06 bits per heavy atom. The number of benzene rings is 1. The van der Waals surface area contributed by atoms with Crippen LogP contribution in [0.15, 0.2) is 18.2 Å². The number of halogens is 3. The number of fused-ring (bicyclic) bond motifs is 1. The van der Waals surface area contributed by atoms with E-state index in [0.717, 1.165) is 12.0 Å². The Morgan fingerprint density at radius 1 is 1.31 bits per heavy atom. The van der Waals surface area contributed by atoms with Gasteiger partial charge in [-0.05, 0) is 36.1 Å². The minimum atomic E-state index is -4.62. The van der Waals surface area contributed by atoms with E-state index in [-0.39, 0.29) is 5.56 Å². The highest BCUT2D eigenvalue weighted by Crippen LogP contribution is 2.35. The molecule has 0 fully saturated rings. The fourth-order valence-corrected chi connectivity index (χ4v) is 1.74. The van der Waals surface area contributed by atoms with E-state index in [1.807, 2.05) is 0 Å². The van der Waals surface area contributed by atoms with Gasteiger partial charge in [-0.15, -0.1) is 0 Å². The van der Waals surface area contributed by atoms with Crippen LogP contribution in [-0.2, 0) is 6.42 Å². The van der Waals surface area contributed by atoms with Crippen molar-refractivity contribution >= 4 is 0 Å². The van der Waals surface area contributed by atoms with Crippen molar-refractivity contribution in [2.75, 3.05) is 6.61 Å². The number of hydrogen-bond donors (Lipinski definition) is 1. The van der Waals surface area contributed by atoms with Crippen molar-refractivity contribution in [2.45, 2.75) is 25.1 Å². The van der Waals surface area contributed by atoms with Gasteiger partial charge in [0.2, 0.25) is 0 Å². The zero-order valence-corrected chi connectivity index (χ0v) is 8.42. The number of aliphatic hydroxyl groups excluding tert-OH is 1. The van der Waals surface area contributed by atoms with Gasteiger partial charge in [0.1, 0.15) is 5.75 Å². The van der Waals surface area contributed by atoms with Crippen LogP contribution in [0.1, 0.15) is 23.7 Å². The monoisotopic (exact) mass is 232 g/mol. The number of aryl methyl sites for hydroxylation is 1. The van der Waals surface area contributed by atoms with Crippen molar-refractivity contribution in [3.05, 3.63) is 29.3 Å². The first kappa shape index (κ1) is 11.3. The van der Waals surface area contributed by atoms with Crippen LogP contribution in [0.2, 0.25) is 0 Å². The van der Waals surface area contributed by atoms with Gasteiger partial charge in [0.15, 0.2) is 6.10 Å². The first-order valence-corrected chi connectivity index (χ1v) is 4.99. The Kier molecular flexibility index (Phi) is 2.80. The molecule has 88 valence electrons. The van der Waals surface area contributed by atoms with Gasteiger partial charge in [-0.2, -0.15) is 13.2 Å². The lowest BCUT2D eigenvalue weighted by Gasteiger charge is -2.20. The van der Waals surface area contributed by atoms with Crippen LogP contribution in [0.4, 0.5) is 13.2 Å². The maximum atomic E-state index is 12.3. The molecule has 2 nitrogen and oxygen atoms in total. The van der Waals surface area contributed by atoms with Gasteiger partial charge in [0.25, 0.3) is 0 Å². The van der Waals surface area contributed by atoms with Crippen molar-refractivity contribution in [2.24, 2.45) is 0 Å². The highest BCUT2D eigenvalue weighted by Gasteiger charge is 2.39. The predicted molar refractivity (Wildman–Crippen MR) is 51.3 cm³/mol.